The first-order valence-electron chi connectivity index (χ1n) is 9.14. The van der Waals surface area contributed by atoms with Crippen molar-refractivity contribution in [2.75, 3.05) is 0 Å². The molecule has 0 radical (unpaired) electrons. The van der Waals surface area contributed by atoms with E-state index in [2.05, 4.69) is 6.92 Å². The number of benzene rings is 1. The lowest BCUT2D eigenvalue weighted by atomic mass is 9.69. The van der Waals surface area contributed by atoms with Gasteiger partial charge in [-0.1, -0.05) is 62.9 Å². The minimum atomic E-state index is -2.88. The third-order valence-electron chi connectivity index (χ3n) is 5.71. The van der Waals surface area contributed by atoms with Crippen LogP contribution in [0.4, 0.5) is 17.6 Å². The number of hydrogen-bond acceptors (Lipinski definition) is 0. The van der Waals surface area contributed by atoms with Crippen molar-refractivity contribution >= 4 is 5.57 Å². The minimum Gasteiger partial charge on any atom is -0.236 e. The highest BCUT2D eigenvalue weighted by Crippen LogP contribution is 2.51. The van der Waals surface area contributed by atoms with Crippen molar-refractivity contribution in [2.24, 2.45) is 11.8 Å². The molecule has 0 heterocycles. The molecule has 0 spiro atoms. The molecule has 0 amide bonds. The third-order valence-corrected chi connectivity index (χ3v) is 5.71. The van der Waals surface area contributed by atoms with Crippen LogP contribution in [-0.2, 0) is 0 Å². The summed E-state index contributed by atoms with van der Waals surface area (Å²) in [4.78, 5) is 0. The Morgan fingerprint density at radius 1 is 1.04 bits per heavy atom. The first kappa shape index (κ1) is 18.2. The highest BCUT2D eigenvalue weighted by atomic mass is 19.2. The number of halogens is 4. The smallest absolute Gasteiger partial charge is 0.202 e. The van der Waals surface area contributed by atoms with Crippen LogP contribution in [0.2, 0.25) is 0 Å². The van der Waals surface area contributed by atoms with Crippen LogP contribution in [0, 0.1) is 11.8 Å². The van der Waals surface area contributed by atoms with E-state index < -0.39 is 29.4 Å². The standard InChI is InChI=1S/C21H24F4/c1-2-6-14-9-11-16(12-10-14)21(25)18(22)13-17(19(23)20(21)24)15-7-4-3-5-8-15/h3-5,7-8,13-14,16,20H,2,6,9-12H2,1H3. The molecule has 2 aliphatic rings. The van der Waals surface area contributed by atoms with Gasteiger partial charge in [-0.25, -0.2) is 17.6 Å². The molecule has 4 heteroatoms. The topological polar surface area (TPSA) is 0 Å². The van der Waals surface area contributed by atoms with Crippen LogP contribution in [0.1, 0.15) is 51.0 Å². The van der Waals surface area contributed by atoms with Crippen molar-refractivity contribution in [1.29, 1.82) is 0 Å². The number of allylic oxidation sites excluding steroid dienone is 4. The quantitative estimate of drug-likeness (QED) is 0.518. The molecule has 1 aromatic rings. The Labute approximate surface area is 146 Å². The van der Waals surface area contributed by atoms with Crippen LogP contribution in [0.15, 0.2) is 48.1 Å². The summed E-state index contributed by atoms with van der Waals surface area (Å²) in [5.41, 5.74) is -2.72. The van der Waals surface area contributed by atoms with E-state index in [1.165, 1.54) is 0 Å². The molecule has 1 saturated carbocycles. The summed E-state index contributed by atoms with van der Waals surface area (Å²) in [7, 11) is 0. The van der Waals surface area contributed by atoms with Crippen LogP contribution < -0.4 is 0 Å². The average molecular weight is 352 g/mol. The van der Waals surface area contributed by atoms with E-state index in [0.29, 0.717) is 24.3 Å². The molecular weight excluding hydrogens is 328 g/mol. The summed E-state index contributed by atoms with van der Waals surface area (Å²) in [6.45, 7) is 2.09. The maximum absolute atomic E-state index is 15.4. The Morgan fingerprint density at radius 2 is 1.68 bits per heavy atom. The molecule has 25 heavy (non-hydrogen) atoms. The average Bonchev–Trinajstić information content (AvgIpc) is 2.64. The Morgan fingerprint density at radius 3 is 2.28 bits per heavy atom. The van der Waals surface area contributed by atoms with Crippen molar-refractivity contribution < 1.29 is 17.6 Å². The molecule has 136 valence electrons. The molecule has 1 fully saturated rings. The largest absolute Gasteiger partial charge is 0.236 e. The first-order chi connectivity index (χ1) is 12.0. The molecule has 2 unspecified atom stereocenters. The van der Waals surface area contributed by atoms with Gasteiger partial charge in [-0.15, -0.1) is 0 Å². The van der Waals surface area contributed by atoms with E-state index in [9.17, 15) is 13.2 Å². The predicted molar refractivity (Wildman–Crippen MR) is 92.8 cm³/mol. The molecule has 0 N–H and O–H groups in total. The maximum Gasteiger partial charge on any atom is 0.202 e. The fourth-order valence-corrected chi connectivity index (χ4v) is 4.27. The Kier molecular flexibility index (Phi) is 5.35. The Bertz CT molecular complexity index is 656. The van der Waals surface area contributed by atoms with E-state index >= 15 is 4.39 Å². The van der Waals surface area contributed by atoms with Gasteiger partial charge >= 0.3 is 0 Å². The summed E-state index contributed by atoms with van der Waals surface area (Å²) in [6.07, 6.45) is 2.67. The van der Waals surface area contributed by atoms with E-state index in [-0.39, 0.29) is 5.57 Å². The van der Waals surface area contributed by atoms with E-state index in [4.69, 9.17) is 0 Å². The van der Waals surface area contributed by atoms with Gasteiger partial charge in [0.05, 0.1) is 0 Å². The number of alkyl halides is 2. The molecule has 0 aromatic heterocycles. The van der Waals surface area contributed by atoms with Crippen LogP contribution in [0.25, 0.3) is 5.57 Å². The Hall–Kier alpha value is -1.58. The summed E-state index contributed by atoms with van der Waals surface area (Å²) in [5, 5.41) is 0. The van der Waals surface area contributed by atoms with Crippen LogP contribution in [-0.4, -0.2) is 11.8 Å². The lowest BCUT2D eigenvalue weighted by Gasteiger charge is -2.40. The SMILES string of the molecule is CCCC1CCC(C2(F)C(F)=CC(c3ccccc3)=C(F)C2F)CC1. The van der Waals surface area contributed by atoms with Gasteiger partial charge in [-0.3, -0.25) is 0 Å². The summed E-state index contributed by atoms with van der Waals surface area (Å²) >= 11 is 0. The molecule has 0 nitrogen and oxygen atoms in total. The normalized spacial score (nSPS) is 33.3. The van der Waals surface area contributed by atoms with Crippen molar-refractivity contribution in [3.63, 3.8) is 0 Å². The molecule has 0 bridgehead atoms. The zero-order valence-electron chi connectivity index (χ0n) is 14.5. The summed E-state index contributed by atoms with van der Waals surface area (Å²) < 4.78 is 59.4. The number of hydrogen-bond donors (Lipinski definition) is 0. The van der Waals surface area contributed by atoms with Gasteiger partial charge in [-0.05, 0) is 30.4 Å². The minimum absolute atomic E-state index is 0.196. The second kappa shape index (κ2) is 7.35. The van der Waals surface area contributed by atoms with Gasteiger partial charge in [0.15, 0.2) is 6.17 Å². The van der Waals surface area contributed by atoms with E-state index in [1.54, 1.807) is 30.3 Å². The first-order valence-corrected chi connectivity index (χ1v) is 9.14. The third kappa shape index (κ3) is 3.28. The molecule has 3 rings (SSSR count). The Balaban J connectivity index is 1.85. The van der Waals surface area contributed by atoms with Crippen molar-refractivity contribution in [2.45, 2.75) is 57.3 Å². The molecule has 2 aliphatic carbocycles. The molecule has 1 aromatic carbocycles. The summed E-state index contributed by atoms with van der Waals surface area (Å²) in [6, 6.07) is 8.16. The van der Waals surface area contributed by atoms with Crippen molar-refractivity contribution in [3.05, 3.63) is 53.6 Å². The lowest BCUT2D eigenvalue weighted by molar-refractivity contribution is -0.00759. The van der Waals surface area contributed by atoms with Gasteiger partial charge in [0.25, 0.3) is 0 Å². The lowest BCUT2D eigenvalue weighted by Crippen LogP contribution is -2.47. The van der Waals surface area contributed by atoms with E-state index in [0.717, 1.165) is 31.8 Å². The monoisotopic (exact) mass is 352 g/mol. The van der Waals surface area contributed by atoms with E-state index in [1.807, 2.05) is 0 Å². The fourth-order valence-electron chi connectivity index (χ4n) is 4.27. The second-order valence-electron chi connectivity index (χ2n) is 7.26. The number of rotatable bonds is 4. The maximum atomic E-state index is 15.4. The highest BCUT2D eigenvalue weighted by molar-refractivity contribution is 5.78. The van der Waals surface area contributed by atoms with Crippen LogP contribution in [0.3, 0.4) is 0 Å². The van der Waals surface area contributed by atoms with Crippen molar-refractivity contribution in [1.82, 2.24) is 0 Å². The van der Waals surface area contributed by atoms with Crippen LogP contribution >= 0.6 is 0 Å². The molecule has 0 aliphatic heterocycles. The van der Waals surface area contributed by atoms with Gasteiger partial charge in [0.2, 0.25) is 5.67 Å². The molecular formula is C21H24F4. The van der Waals surface area contributed by atoms with Crippen molar-refractivity contribution in [3.8, 4) is 0 Å². The second-order valence-corrected chi connectivity index (χ2v) is 7.26. The van der Waals surface area contributed by atoms with Gasteiger partial charge < -0.3 is 0 Å². The van der Waals surface area contributed by atoms with Crippen LogP contribution in [0.5, 0.6) is 0 Å². The molecule has 0 saturated heterocycles. The zero-order valence-corrected chi connectivity index (χ0v) is 14.5. The van der Waals surface area contributed by atoms with Gasteiger partial charge in [-0.2, -0.15) is 0 Å². The summed E-state index contributed by atoms with van der Waals surface area (Å²) in [5.74, 6) is -2.71. The fraction of sp³-hybridized carbons (Fsp3) is 0.524. The van der Waals surface area contributed by atoms with Gasteiger partial charge in [0, 0.05) is 11.5 Å². The predicted octanol–water partition coefficient (Wildman–Crippen LogP) is 6.89. The highest BCUT2D eigenvalue weighted by Gasteiger charge is 2.55. The zero-order chi connectivity index (χ0) is 18.0. The molecule has 2 atom stereocenters. The van der Waals surface area contributed by atoms with Gasteiger partial charge in [0.1, 0.15) is 11.7 Å².